The summed E-state index contributed by atoms with van der Waals surface area (Å²) in [7, 11) is -0.604. The lowest BCUT2D eigenvalue weighted by molar-refractivity contribution is 0.0979. The number of hydrogen-bond acceptors (Lipinski definition) is 7. The molecule has 1 N–H and O–H groups in total. The number of halogens is 1. The maximum Gasteiger partial charge on any atom is 0.268 e. The van der Waals surface area contributed by atoms with Gasteiger partial charge in [0.2, 0.25) is 5.95 Å². The minimum Gasteiger partial charge on any atom is -0.497 e. The summed E-state index contributed by atoms with van der Waals surface area (Å²) in [6.45, 7) is 0.669. The zero-order valence-electron chi connectivity index (χ0n) is 21.7. The lowest BCUT2D eigenvalue weighted by Crippen LogP contribution is -2.32. The average Bonchev–Trinajstić information content (AvgIpc) is 2.95. The van der Waals surface area contributed by atoms with Crippen LogP contribution < -0.4 is 14.4 Å². The van der Waals surface area contributed by atoms with E-state index in [-0.39, 0.29) is 10.5 Å². The van der Waals surface area contributed by atoms with Gasteiger partial charge >= 0.3 is 0 Å². The van der Waals surface area contributed by atoms with Crippen molar-refractivity contribution in [2.75, 3.05) is 25.6 Å². The lowest BCUT2D eigenvalue weighted by atomic mass is 10.0. The molecule has 39 heavy (non-hydrogen) atoms. The summed E-state index contributed by atoms with van der Waals surface area (Å²) < 4.78 is 33.9. The van der Waals surface area contributed by atoms with Gasteiger partial charge < -0.3 is 9.64 Å². The van der Waals surface area contributed by atoms with E-state index in [4.69, 9.17) is 9.72 Å². The summed E-state index contributed by atoms with van der Waals surface area (Å²) in [6.07, 6.45) is 3.16. The number of hydrogen-bond donors (Lipinski definition) is 1. The van der Waals surface area contributed by atoms with E-state index in [1.54, 1.807) is 19.2 Å². The predicted octanol–water partition coefficient (Wildman–Crippen LogP) is 4.83. The van der Waals surface area contributed by atoms with Crippen molar-refractivity contribution in [2.24, 2.45) is 0 Å². The lowest BCUT2D eigenvalue weighted by Gasteiger charge is -2.19. The second-order valence-electron chi connectivity index (χ2n) is 8.93. The highest BCUT2D eigenvalue weighted by molar-refractivity contribution is 9.10. The number of aromatic nitrogens is 2. The van der Waals surface area contributed by atoms with E-state index < -0.39 is 15.9 Å². The first-order valence-electron chi connectivity index (χ1n) is 12.3. The smallest absolute Gasteiger partial charge is 0.268 e. The number of carbonyl (C=O) groups excluding carboxylic acids is 1. The van der Waals surface area contributed by atoms with E-state index in [0.717, 1.165) is 17.7 Å². The maximum absolute atomic E-state index is 13.2. The molecule has 0 unspecified atom stereocenters. The zero-order chi connectivity index (χ0) is 27.8. The van der Waals surface area contributed by atoms with Crippen LogP contribution in [0.5, 0.6) is 5.75 Å². The molecule has 0 aliphatic heterocycles. The molecule has 0 bridgehead atoms. The molecular formula is C29H29BrN4O4S. The minimum atomic E-state index is -4.10. The van der Waals surface area contributed by atoms with Gasteiger partial charge in [0.25, 0.3) is 15.9 Å². The summed E-state index contributed by atoms with van der Waals surface area (Å²) >= 11 is 3.27. The van der Waals surface area contributed by atoms with Crippen LogP contribution in [-0.4, -0.2) is 45.0 Å². The van der Waals surface area contributed by atoms with Crippen LogP contribution in [0.1, 0.15) is 27.2 Å². The number of methoxy groups -OCH3 is 1. The Labute approximate surface area is 237 Å². The van der Waals surface area contributed by atoms with E-state index in [1.807, 2.05) is 54.4 Å². The molecule has 1 aromatic heterocycles. The molecule has 3 aromatic carbocycles. The number of sulfonamides is 1. The summed E-state index contributed by atoms with van der Waals surface area (Å²) in [4.78, 5) is 24.2. The van der Waals surface area contributed by atoms with E-state index >= 15 is 0 Å². The first-order chi connectivity index (χ1) is 18.7. The highest BCUT2D eigenvalue weighted by Crippen LogP contribution is 2.20. The van der Waals surface area contributed by atoms with E-state index in [9.17, 15) is 13.2 Å². The largest absolute Gasteiger partial charge is 0.497 e. The van der Waals surface area contributed by atoms with Crippen LogP contribution in [0.4, 0.5) is 5.95 Å². The Kier molecular flexibility index (Phi) is 9.32. The third-order valence-corrected chi connectivity index (χ3v) is 7.96. The van der Waals surface area contributed by atoms with Gasteiger partial charge in [-0.25, -0.2) is 23.1 Å². The number of anilines is 1. The Bertz CT molecular complexity index is 1550. The number of carbonyl (C=O) groups is 1. The molecule has 0 aliphatic rings. The van der Waals surface area contributed by atoms with Crippen molar-refractivity contribution in [1.29, 1.82) is 0 Å². The van der Waals surface area contributed by atoms with Gasteiger partial charge in [-0.2, -0.15) is 0 Å². The molecule has 0 saturated heterocycles. The van der Waals surface area contributed by atoms with Crippen molar-refractivity contribution in [3.05, 3.63) is 112 Å². The molecule has 1 heterocycles. The molecule has 0 saturated carbocycles. The van der Waals surface area contributed by atoms with Gasteiger partial charge in [0, 0.05) is 24.3 Å². The van der Waals surface area contributed by atoms with Crippen LogP contribution in [0, 0.1) is 0 Å². The minimum absolute atomic E-state index is 0.0265. The number of nitrogens with zero attached hydrogens (tertiary/aromatic N) is 3. The van der Waals surface area contributed by atoms with Gasteiger partial charge in [0.05, 0.1) is 23.3 Å². The average molecular weight is 610 g/mol. The highest BCUT2D eigenvalue weighted by atomic mass is 79.9. The number of nitrogens with one attached hydrogen (secondary N) is 1. The maximum atomic E-state index is 13.2. The van der Waals surface area contributed by atoms with Crippen LogP contribution in [0.15, 0.2) is 94.4 Å². The molecule has 0 fully saturated rings. The summed E-state index contributed by atoms with van der Waals surface area (Å²) in [5.41, 5.74) is 2.75. The first kappa shape index (κ1) is 28.3. The van der Waals surface area contributed by atoms with Crippen LogP contribution in [-0.2, 0) is 29.3 Å². The fourth-order valence-corrected chi connectivity index (χ4v) is 5.54. The number of ether oxygens (including phenoxy) is 1. The summed E-state index contributed by atoms with van der Waals surface area (Å²) in [6, 6.07) is 23.9. The Morgan fingerprint density at radius 1 is 0.949 bits per heavy atom. The van der Waals surface area contributed by atoms with E-state index in [2.05, 4.69) is 37.8 Å². The third-order valence-electron chi connectivity index (χ3n) is 6.14. The van der Waals surface area contributed by atoms with E-state index in [0.29, 0.717) is 35.5 Å². The number of benzene rings is 3. The second-order valence-corrected chi connectivity index (χ2v) is 11.5. The Balaban J connectivity index is 1.59. The van der Waals surface area contributed by atoms with Crippen LogP contribution in [0.2, 0.25) is 0 Å². The van der Waals surface area contributed by atoms with Crippen LogP contribution in [0.3, 0.4) is 0 Å². The molecule has 8 nitrogen and oxygen atoms in total. The molecule has 4 rings (SSSR count). The van der Waals surface area contributed by atoms with Gasteiger partial charge in [0.15, 0.2) is 0 Å². The number of likely N-dealkylation sites (N-methyl/N-ethyl adjacent to an activating group) is 1. The van der Waals surface area contributed by atoms with Crippen LogP contribution in [0.25, 0.3) is 0 Å². The molecule has 0 spiro atoms. The Morgan fingerprint density at radius 3 is 2.44 bits per heavy atom. The molecule has 10 heteroatoms. The van der Waals surface area contributed by atoms with Crippen LogP contribution >= 0.6 is 15.9 Å². The van der Waals surface area contributed by atoms with Crippen molar-refractivity contribution in [3.63, 3.8) is 0 Å². The normalized spacial score (nSPS) is 11.2. The standard InChI is InChI=1S/C29H29BrN4O4S/c1-34(17-16-21-8-4-3-5-9-21)29-31-20-26(27(32-29)15-14-22-10-6-12-24(18-22)38-2)28(35)33-39(36,37)25-13-7-11-23(30)19-25/h3-13,18-20H,14-17H2,1-2H3,(H,33,35). The highest BCUT2D eigenvalue weighted by Gasteiger charge is 2.23. The van der Waals surface area contributed by atoms with Gasteiger partial charge in [-0.1, -0.05) is 64.5 Å². The SMILES string of the molecule is COc1cccc(CCc2nc(N(C)CCc3ccccc3)ncc2C(=O)NS(=O)(=O)c2cccc(Br)c2)c1. The van der Waals surface area contributed by atoms with Crippen molar-refractivity contribution in [1.82, 2.24) is 14.7 Å². The first-order valence-corrected chi connectivity index (χ1v) is 14.6. The quantitative estimate of drug-likeness (QED) is 0.260. The Morgan fingerprint density at radius 2 is 1.69 bits per heavy atom. The summed E-state index contributed by atoms with van der Waals surface area (Å²) in [5.74, 6) is 0.404. The number of aryl methyl sites for hydroxylation is 2. The topological polar surface area (TPSA) is 101 Å². The van der Waals surface area contributed by atoms with Gasteiger partial charge in [-0.15, -0.1) is 0 Å². The van der Waals surface area contributed by atoms with Crippen molar-refractivity contribution in [3.8, 4) is 5.75 Å². The monoisotopic (exact) mass is 608 g/mol. The molecule has 4 aromatic rings. The van der Waals surface area contributed by atoms with Crippen molar-refractivity contribution < 1.29 is 17.9 Å². The molecule has 0 radical (unpaired) electrons. The zero-order valence-corrected chi connectivity index (χ0v) is 24.1. The fraction of sp³-hybridized carbons (Fsp3) is 0.207. The molecule has 0 aliphatic carbocycles. The molecule has 1 amide bonds. The summed E-state index contributed by atoms with van der Waals surface area (Å²) in [5, 5.41) is 0. The number of rotatable bonds is 11. The van der Waals surface area contributed by atoms with Crippen molar-refractivity contribution in [2.45, 2.75) is 24.2 Å². The molecule has 0 atom stereocenters. The molecular weight excluding hydrogens is 580 g/mol. The van der Waals surface area contributed by atoms with Crippen molar-refractivity contribution >= 4 is 37.8 Å². The number of amides is 1. The third kappa shape index (κ3) is 7.64. The second kappa shape index (κ2) is 12.9. The Hall–Kier alpha value is -3.76. The predicted molar refractivity (Wildman–Crippen MR) is 155 cm³/mol. The van der Waals surface area contributed by atoms with Gasteiger partial charge in [-0.05, 0) is 60.7 Å². The van der Waals surface area contributed by atoms with Gasteiger partial charge in [0.1, 0.15) is 5.75 Å². The molecule has 202 valence electrons. The van der Waals surface area contributed by atoms with E-state index in [1.165, 1.54) is 23.9 Å². The van der Waals surface area contributed by atoms with Gasteiger partial charge in [-0.3, -0.25) is 4.79 Å². The fourth-order valence-electron chi connectivity index (χ4n) is 3.97.